The van der Waals surface area contributed by atoms with Crippen molar-refractivity contribution in [1.82, 2.24) is 0 Å². The van der Waals surface area contributed by atoms with Crippen molar-refractivity contribution < 1.29 is 24.2 Å². The number of hydrogen-bond donors (Lipinski definition) is 1. The summed E-state index contributed by atoms with van der Waals surface area (Å²) in [6, 6.07) is 8.95. The lowest BCUT2D eigenvalue weighted by Crippen LogP contribution is -2.35. The molecule has 110 valence electrons. The average molecular weight is 288 g/mol. The summed E-state index contributed by atoms with van der Waals surface area (Å²) in [5.74, 6) is -3.71. The maximum Gasteiger partial charge on any atom is 0.317 e. The van der Waals surface area contributed by atoms with Crippen molar-refractivity contribution in [2.24, 2.45) is 5.92 Å². The van der Waals surface area contributed by atoms with Gasteiger partial charge in [0.05, 0.1) is 12.7 Å². The number of ketones is 2. The minimum absolute atomic E-state index is 0.0112. The van der Waals surface area contributed by atoms with Gasteiger partial charge >= 0.3 is 5.97 Å². The van der Waals surface area contributed by atoms with Crippen molar-refractivity contribution >= 4 is 17.5 Å². The Balaban J connectivity index is 2.55. The highest BCUT2D eigenvalue weighted by atomic mass is 16.5. The monoisotopic (exact) mass is 288 g/mol. The predicted octanol–water partition coefficient (Wildman–Crippen LogP) is 1.93. The van der Waals surface area contributed by atoms with Crippen LogP contribution in [0.1, 0.15) is 24.8 Å². The summed E-state index contributed by atoms with van der Waals surface area (Å²) in [6.07, 6.45) is -0.0112. The van der Waals surface area contributed by atoms with Crippen molar-refractivity contribution in [1.29, 1.82) is 0 Å². The van der Waals surface area contributed by atoms with Gasteiger partial charge in [-0.05, 0) is 12.5 Å². The molecule has 2 atom stereocenters. The van der Waals surface area contributed by atoms with Crippen LogP contribution in [0.5, 0.6) is 0 Å². The lowest BCUT2D eigenvalue weighted by atomic mass is 9.74. The molecule has 1 aliphatic carbocycles. The van der Waals surface area contributed by atoms with E-state index in [0.29, 0.717) is 0 Å². The normalized spacial score (nSPS) is 22.1. The Kier molecular flexibility index (Phi) is 4.21. The summed E-state index contributed by atoms with van der Waals surface area (Å²) in [7, 11) is 1.21. The van der Waals surface area contributed by atoms with E-state index in [1.165, 1.54) is 14.0 Å². The van der Waals surface area contributed by atoms with Gasteiger partial charge in [0, 0.05) is 12.3 Å². The molecular formula is C16H16O5. The molecular weight excluding hydrogens is 272 g/mol. The summed E-state index contributed by atoms with van der Waals surface area (Å²) in [5.41, 5.74) is 0.452. The summed E-state index contributed by atoms with van der Waals surface area (Å²) < 4.78 is 4.72. The van der Waals surface area contributed by atoms with Gasteiger partial charge in [0.1, 0.15) is 11.7 Å². The quantitative estimate of drug-likeness (QED) is 0.679. The molecule has 0 bridgehead atoms. The molecule has 0 spiro atoms. The zero-order chi connectivity index (χ0) is 15.6. The zero-order valence-corrected chi connectivity index (χ0v) is 11.8. The molecule has 5 heteroatoms. The Labute approximate surface area is 122 Å². The number of esters is 1. The SMILES string of the molecule is COC(=O)[C@@H]1C(O)=C(C(C)=O)C(=O)C[C@H]1c1ccccc1. The van der Waals surface area contributed by atoms with E-state index in [1.807, 2.05) is 6.07 Å². The molecule has 0 heterocycles. The van der Waals surface area contributed by atoms with E-state index < -0.39 is 35.1 Å². The number of hydrogen-bond acceptors (Lipinski definition) is 5. The summed E-state index contributed by atoms with van der Waals surface area (Å²) in [4.78, 5) is 35.6. The number of carbonyl (C=O) groups is 3. The molecule has 1 aromatic carbocycles. The van der Waals surface area contributed by atoms with Crippen LogP contribution in [0.4, 0.5) is 0 Å². The molecule has 0 saturated carbocycles. The minimum Gasteiger partial charge on any atom is -0.510 e. The fraction of sp³-hybridized carbons (Fsp3) is 0.312. The lowest BCUT2D eigenvalue weighted by Gasteiger charge is -2.29. The van der Waals surface area contributed by atoms with Gasteiger partial charge in [0.15, 0.2) is 11.6 Å². The number of aliphatic hydroxyl groups is 1. The van der Waals surface area contributed by atoms with Gasteiger partial charge in [-0.1, -0.05) is 30.3 Å². The van der Waals surface area contributed by atoms with Crippen molar-refractivity contribution in [2.75, 3.05) is 7.11 Å². The number of rotatable bonds is 3. The van der Waals surface area contributed by atoms with Crippen LogP contribution in [-0.2, 0) is 19.1 Å². The fourth-order valence-electron chi connectivity index (χ4n) is 2.70. The topological polar surface area (TPSA) is 80.7 Å². The van der Waals surface area contributed by atoms with Crippen molar-refractivity contribution in [2.45, 2.75) is 19.3 Å². The molecule has 1 aliphatic rings. The maximum absolute atomic E-state index is 12.1. The number of methoxy groups -OCH3 is 1. The highest BCUT2D eigenvalue weighted by Gasteiger charge is 2.43. The van der Waals surface area contributed by atoms with Gasteiger partial charge in [-0.15, -0.1) is 0 Å². The molecule has 0 aliphatic heterocycles. The minimum atomic E-state index is -1.03. The maximum atomic E-state index is 12.1. The van der Waals surface area contributed by atoms with Gasteiger partial charge in [-0.2, -0.15) is 0 Å². The number of allylic oxidation sites excluding steroid dienone is 1. The van der Waals surface area contributed by atoms with E-state index in [9.17, 15) is 19.5 Å². The number of aliphatic hydroxyl groups excluding tert-OH is 1. The first-order chi connectivity index (χ1) is 9.97. The summed E-state index contributed by atoms with van der Waals surface area (Å²) in [6.45, 7) is 1.20. The molecule has 1 aromatic rings. The van der Waals surface area contributed by atoms with Crippen LogP contribution in [0.25, 0.3) is 0 Å². The molecule has 0 aromatic heterocycles. The molecule has 0 unspecified atom stereocenters. The van der Waals surface area contributed by atoms with Crippen LogP contribution >= 0.6 is 0 Å². The highest BCUT2D eigenvalue weighted by molar-refractivity contribution is 6.21. The largest absolute Gasteiger partial charge is 0.510 e. The van der Waals surface area contributed by atoms with E-state index >= 15 is 0 Å². The number of ether oxygens (including phenoxy) is 1. The molecule has 5 nitrogen and oxygen atoms in total. The van der Waals surface area contributed by atoms with Crippen molar-refractivity contribution in [3.63, 3.8) is 0 Å². The third-order valence-electron chi connectivity index (χ3n) is 3.67. The molecule has 0 saturated heterocycles. The smallest absolute Gasteiger partial charge is 0.317 e. The van der Waals surface area contributed by atoms with Gasteiger partial charge in [0.2, 0.25) is 0 Å². The van der Waals surface area contributed by atoms with E-state index in [4.69, 9.17) is 4.74 Å². The Bertz CT molecular complexity index is 615. The van der Waals surface area contributed by atoms with Crippen LogP contribution in [0.15, 0.2) is 41.7 Å². The van der Waals surface area contributed by atoms with Crippen LogP contribution < -0.4 is 0 Å². The summed E-state index contributed by atoms with van der Waals surface area (Å²) in [5, 5.41) is 10.2. The second-order valence-electron chi connectivity index (χ2n) is 4.96. The van der Waals surface area contributed by atoms with Crippen LogP contribution in [0.2, 0.25) is 0 Å². The summed E-state index contributed by atoms with van der Waals surface area (Å²) >= 11 is 0. The second-order valence-corrected chi connectivity index (χ2v) is 4.96. The number of Topliss-reactive ketones (excluding diaryl/α,β-unsaturated/α-hetero) is 2. The van der Waals surface area contributed by atoms with E-state index in [1.54, 1.807) is 24.3 Å². The molecule has 21 heavy (non-hydrogen) atoms. The first-order valence-corrected chi connectivity index (χ1v) is 6.57. The van der Waals surface area contributed by atoms with E-state index in [2.05, 4.69) is 0 Å². The average Bonchev–Trinajstić information content (AvgIpc) is 2.46. The number of carbonyl (C=O) groups excluding carboxylic acids is 3. The van der Waals surface area contributed by atoms with Gasteiger partial charge < -0.3 is 9.84 Å². The Morgan fingerprint density at radius 3 is 2.38 bits per heavy atom. The molecule has 2 rings (SSSR count). The number of benzene rings is 1. The predicted molar refractivity (Wildman–Crippen MR) is 74.6 cm³/mol. The molecule has 0 amide bonds. The second kappa shape index (κ2) is 5.91. The first kappa shape index (κ1) is 15.0. The molecule has 0 radical (unpaired) electrons. The third-order valence-corrected chi connectivity index (χ3v) is 3.67. The van der Waals surface area contributed by atoms with Gasteiger partial charge in [-0.25, -0.2) is 0 Å². The van der Waals surface area contributed by atoms with Crippen LogP contribution in [-0.4, -0.2) is 29.8 Å². The van der Waals surface area contributed by atoms with Crippen molar-refractivity contribution in [3.8, 4) is 0 Å². The zero-order valence-electron chi connectivity index (χ0n) is 11.8. The van der Waals surface area contributed by atoms with Crippen LogP contribution in [0.3, 0.4) is 0 Å². The Morgan fingerprint density at radius 1 is 1.24 bits per heavy atom. The molecule has 0 fully saturated rings. The van der Waals surface area contributed by atoms with Crippen LogP contribution in [0, 0.1) is 5.92 Å². The van der Waals surface area contributed by atoms with E-state index in [-0.39, 0.29) is 12.0 Å². The highest BCUT2D eigenvalue weighted by Crippen LogP contribution is 2.39. The Hall–Kier alpha value is -2.43. The Morgan fingerprint density at radius 2 is 1.86 bits per heavy atom. The first-order valence-electron chi connectivity index (χ1n) is 6.57. The lowest BCUT2D eigenvalue weighted by molar-refractivity contribution is -0.146. The van der Waals surface area contributed by atoms with Crippen molar-refractivity contribution in [3.05, 3.63) is 47.2 Å². The van der Waals surface area contributed by atoms with E-state index in [0.717, 1.165) is 5.56 Å². The standard InChI is InChI=1S/C16H16O5/c1-9(17)13-12(18)8-11(10-6-4-3-5-7-10)14(15(13)19)16(20)21-2/h3-7,11,14,19H,8H2,1-2H3/t11-,14-/m0/s1. The van der Waals surface area contributed by atoms with Gasteiger partial charge in [0.25, 0.3) is 0 Å². The third kappa shape index (κ3) is 2.72. The van der Waals surface area contributed by atoms with Gasteiger partial charge in [-0.3, -0.25) is 14.4 Å². The molecule has 1 N–H and O–H groups in total. The fourth-order valence-corrected chi connectivity index (χ4v) is 2.70.